The smallest absolute Gasteiger partial charge is 0.354 e. The molecule has 0 atom stereocenters. The number of aromatic amines is 1. The van der Waals surface area contributed by atoms with Crippen LogP contribution in [0.25, 0.3) is 22.3 Å². The number of hydrogen-bond acceptors (Lipinski definition) is 2. The van der Waals surface area contributed by atoms with Gasteiger partial charge in [0.05, 0.1) is 34.1 Å². The number of allylic oxidation sites excluding steroid dienone is 4. The van der Waals surface area contributed by atoms with Crippen molar-refractivity contribution in [2.45, 2.75) is 12.7 Å². The summed E-state index contributed by atoms with van der Waals surface area (Å²) in [5, 5.41) is 1.83. The highest BCUT2D eigenvalue weighted by molar-refractivity contribution is 6.31. The molecule has 3 aliphatic rings. The van der Waals surface area contributed by atoms with E-state index in [2.05, 4.69) is 107 Å². The van der Waals surface area contributed by atoms with Crippen molar-refractivity contribution in [3.05, 3.63) is 261 Å². The van der Waals surface area contributed by atoms with Gasteiger partial charge in [-0.15, -0.1) is 0 Å². The number of halogens is 3. The lowest BCUT2D eigenvalue weighted by Gasteiger charge is -2.15. The Hall–Kier alpha value is -7.51. The molecular weight excluding hydrogens is 738 g/mol. The molecule has 7 aromatic rings. The third kappa shape index (κ3) is 6.87. The van der Waals surface area contributed by atoms with Crippen molar-refractivity contribution in [3.8, 4) is 0 Å². The Labute approximate surface area is 339 Å². The molecule has 0 saturated heterocycles. The van der Waals surface area contributed by atoms with Gasteiger partial charge in [0.15, 0.2) is 0 Å². The predicted octanol–water partition coefficient (Wildman–Crippen LogP) is 10.5. The quantitative estimate of drug-likeness (QED) is 0.175. The summed E-state index contributed by atoms with van der Waals surface area (Å²) in [5.74, 6) is 0. The lowest BCUT2D eigenvalue weighted by Crippen LogP contribution is -2.21. The average molecular weight is 773 g/mol. The van der Waals surface area contributed by atoms with Crippen LogP contribution in [0.2, 0.25) is 0 Å². The number of aliphatic imine (C=N–C) groups is 2. The summed E-state index contributed by atoms with van der Waals surface area (Å²) < 4.78 is 43.1. The zero-order valence-electron chi connectivity index (χ0n) is 31.7. The Morgan fingerprint density at radius 1 is 0.458 bits per heavy atom. The molecule has 284 valence electrons. The van der Waals surface area contributed by atoms with Crippen LogP contribution in [0.1, 0.15) is 44.6 Å². The SMILES string of the molecule is FC(F)(F)c1ccc(Cn2cc3cc2C(c2ccccc2)=C2C=CC(=N2)C(c2ccccc2)=c2ccc([nH]2)=C(c2ccccc2)C2=NC(=C3c3ccccc3)C=C2)cc1. The molecule has 59 heavy (non-hydrogen) atoms. The van der Waals surface area contributed by atoms with Gasteiger partial charge in [-0.05, 0) is 82.5 Å². The Kier molecular flexibility index (Phi) is 8.98. The molecule has 4 nitrogen and oxygen atoms in total. The van der Waals surface area contributed by atoms with Gasteiger partial charge in [-0.2, -0.15) is 13.2 Å². The summed E-state index contributed by atoms with van der Waals surface area (Å²) in [7, 11) is 0. The number of hydrogen-bond donors (Lipinski definition) is 1. The normalized spacial score (nSPS) is 15.0. The first-order chi connectivity index (χ1) is 28.9. The van der Waals surface area contributed by atoms with Crippen molar-refractivity contribution in [1.82, 2.24) is 9.55 Å². The van der Waals surface area contributed by atoms with Crippen LogP contribution in [0.4, 0.5) is 13.2 Å². The largest absolute Gasteiger partial charge is 0.416 e. The molecule has 1 N–H and O–H groups in total. The highest BCUT2D eigenvalue weighted by Gasteiger charge is 2.30. The van der Waals surface area contributed by atoms with Gasteiger partial charge >= 0.3 is 6.18 Å². The fraction of sp³-hybridized carbons (Fsp3) is 0.0385. The first kappa shape index (κ1) is 35.9. The van der Waals surface area contributed by atoms with Gasteiger partial charge < -0.3 is 9.55 Å². The Bertz CT molecular complexity index is 3050. The van der Waals surface area contributed by atoms with E-state index in [0.717, 1.165) is 107 Å². The summed E-state index contributed by atoms with van der Waals surface area (Å²) in [5.41, 5.74) is 12.7. The molecule has 7 heteroatoms. The topological polar surface area (TPSA) is 45.4 Å². The van der Waals surface area contributed by atoms with Crippen molar-refractivity contribution >= 4 is 33.7 Å². The third-order valence-corrected chi connectivity index (χ3v) is 10.9. The number of H-pyrrole nitrogens is 1. The van der Waals surface area contributed by atoms with E-state index < -0.39 is 11.7 Å². The number of aromatic nitrogens is 2. The number of alkyl halides is 3. The van der Waals surface area contributed by atoms with Crippen LogP contribution >= 0.6 is 0 Å². The Morgan fingerprint density at radius 3 is 1.37 bits per heavy atom. The first-order valence-electron chi connectivity index (χ1n) is 19.4. The molecule has 10 rings (SSSR count). The molecule has 0 fully saturated rings. The van der Waals surface area contributed by atoms with Gasteiger partial charge in [-0.25, -0.2) is 9.98 Å². The Balaban J connectivity index is 1.31. The van der Waals surface area contributed by atoms with Crippen LogP contribution in [-0.4, -0.2) is 21.0 Å². The van der Waals surface area contributed by atoms with E-state index in [4.69, 9.17) is 9.98 Å². The highest BCUT2D eigenvalue weighted by Crippen LogP contribution is 2.39. The molecule has 8 bridgehead atoms. The minimum Gasteiger partial charge on any atom is -0.354 e. The van der Waals surface area contributed by atoms with E-state index in [1.165, 1.54) is 0 Å². The van der Waals surface area contributed by atoms with Gasteiger partial charge in [-0.1, -0.05) is 133 Å². The first-order valence-corrected chi connectivity index (χ1v) is 19.4. The second-order valence-electron chi connectivity index (χ2n) is 14.6. The van der Waals surface area contributed by atoms with Gasteiger partial charge in [0, 0.05) is 51.3 Å². The van der Waals surface area contributed by atoms with Gasteiger partial charge in [-0.3, -0.25) is 0 Å². The maximum absolute atomic E-state index is 13.7. The fourth-order valence-corrected chi connectivity index (χ4v) is 8.14. The van der Waals surface area contributed by atoms with Crippen molar-refractivity contribution in [3.63, 3.8) is 0 Å². The molecule has 2 aromatic heterocycles. The van der Waals surface area contributed by atoms with Crippen LogP contribution in [-0.2, 0) is 12.7 Å². The van der Waals surface area contributed by atoms with Crippen LogP contribution < -0.4 is 10.7 Å². The molecule has 0 unspecified atom stereocenters. The van der Waals surface area contributed by atoms with Gasteiger partial charge in [0.2, 0.25) is 0 Å². The number of nitrogens with one attached hydrogen (secondary N) is 1. The Morgan fingerprint density at radius 2 is 0.898 bits per heavy atom. The number of fused-ring (bicyclic) bond motifs is 6. The van der Waals surface area contributed by atoms with Gasteiger partial charge in [0.1, 0.15) is 0 Å². The second kappa shape index (κ2) is 14.8. The average Bonchev–Trinajstić information content (AvgIpc) is 4.10. The summed E-state index contributed by atoms with van der Waals surface area (Å²) in [4.78, 5) is 14.6. The lowest BCUT2D eigenvalue weighted by atomic mass is 9.96. The number of nitrogens with zero attached hydrogens (tertiary/aromatic N) is 3. The van der Waals surface area contributed by atoms with Crippen LogP contribution in [0.15, 0.2) is 216 Å². The summed E-state index contributed by atoms with van der Waals surface area (Å²) in [6, 6.07) is 52.7. The van der Waals surface area contributed by atoms with E-state index in [-0.39, 0.29) is 0 Å². The number of benzene rings is 5. The van der Waals surface area contributed by atoms with E-state index in [1.807, 2.05) is 72.8 Å². The standard InChI is InChI=1S/C52H35F3N4/c53-52(54,55)40-23-21-34(22-24-40)32-59-33-39-31-47(59)51(38-19-11-4-12-20-38)46-30-29-45(58-46)50(37-17-9-3-10-18-37)44-28-27-43(57-44)49(36-15-7-2-8-16-36)42-26-25-41(56-42)48(39)35-13-5-1-6-14-35/h1-31,33,57H,32H2. The van der Waals surface area contributed by atoms with Crippen molar-refractivity contribution in [2.75, 3.05) is 0 Å². The molecular formula is C52H35F3N4. The van der Waals surface area contributed by atoms with Crippen LogP contribution in [0.3, 0.4) is 0 Å². The van der Waals surface area contributed by atoms with Crippen molar-refractivity contribution < 1.29 is 13.2 Å². The maximum Gasteiger partial charge on any atom is 0.416 e. The van der Waals surface area contributed by atoms with Crippen LogP contribution in [0.5, 0.6) is 0 Å². The molecule has 0 amide bonds. The molecule has 5 aromatic carbocycles. The van der Waals surface area contributed by atoms with E-state index in [9.17, 15) is 13.2 Å². The predicted molar refractivity (Wildman–Crippen MR) is 231 cm³/mol. The zero-order valence-corrected chi connectivity index (χ0v) is 31.7. The summed E-state index contributed by atoms with van der Waals surface area (Å²) >= 11 is 0. The van der Waals surface area contributed by atoms with E-state index >= 15 is 0 Å². The molecule has 0 radical (unpaired) electrons. The van der Waals surface area contributed by atoms with E-state index in [0.29, 0.717) is 6.54 Å². The minimum atomic E-state index is -4.43. The van der Waals surface area contributed by atoms with Crippen LogP contribution in [0, 0.1) is 0 Å². The molecule has 0 aliphatic carbocycles. The van der Waals surface area contributed by atoms with Crippen molar-refractivity contribution in [1.29, 1.82) is 0 Å². The minimum absolute atomic E-state index is 0.317. The van der Waals surface area contributed by atoms with E-state index in [1.54, 1.807) is 12.1 Å². The zero-order chi connectivity index (χ0) is 39.9. The third-order valence-electron chi connectivity index (χ3n) is 10.9. The molecule has 0 saturated carbocycles. The monoisotopic (exact) mass is 772 g/mol. The summed E-state index contributed by atoms with van der Waals surface area (Å²) in [6.07, 6.45) is 5.94. The molecule has 0 spiro atoms. The summed E-state index contributed by atoms with van der Waals surface area (Å²) in [6.45, 7) is 0.317. The van der Waals surface area contributed by atoms with Gasteiger partial charge in [0.25, 0.3) is 0 Å². The number of rotatable bonds is 6. The highest BCUT2D eigenvalue weighted by atomic mass is 19.4. The van der Waals surface area contributed by atoms with Crippen molar-refractivity contribution in [2.24, 2.45) is 9.98 Å². The second-order valence-corrected chi connectivity index (χ2v) is 14.6. The molecule has 5 heterocycles. The fourth-order valence-electron chi connectivity index (χ4n) is 8.14. The lowest BCUT2D eigenvalue weighted by molar-refractivity contribution is -0.137. The molecule has 3 aliphatic heterocycles. The maximum atomic E-state index is 13.7.